The van der Waals surface area contributed by atoms with Crippen LogP contribution in [-0.2, 0) is 27.9 Å². The van der Waals surface area contributed by atoms with Gasteiger partial charge in [-0.05, 0) is 47.4 Å². The molecule has 1 heterocycles. The van der Waals surface area contributed by atoms with E-state index in [0.29, 0.717) is 24.9 Å². The maximum atomic E-state index is 13.8. The molecule has 0 saturated carbocycles. The van der Waals surface area contributed by atoms with Crippen LogP contribution >= 0.6 is 11.3 Å². The molecule has 1 amide bonds. The van der Waals surface area contributed by atoms with Gasteiger partial charge in [0.25, 0.3) is 0 Å². The summed E-state index contributed by atoms with van der Waals surface area (Å²) in [5, 5.41) is 3.54. The molecule has 0 aliphatic carbocycles. The van der Waals surface area contributed by atoms with Crippen LogP contribution < -0.4 is 0 Å². The Balaban J connectivity index is 1.64. The van der Waals surface area contributed by atoms with Gasteiger partial charge >= 0.3 is 0 Å². The van der Waals surface area contributed by atoms with E-state index in [0.717, 1.165) is 21.4 Å². The number of thiophene rings is 1. The Morgan fingerprint density at radius 1 is 0.886 bits per heavy atom. The van der Waals surface area contributed by atoms with E-state index in [1.807, 2.05) is 86.0 Å². The Morgan fingerprint density at radius 3 is 2.31 bits per heavy atom. The van der Waals surface area contributed by atoms with E-state index in [9.17, 15) is 13.2 Å². The standard InChI is InChI=1S/C28H30N2O3S2/c1-3-17-30(35(32,33)27-15-9-13-24-12-7-8-14-25(24)27)21-28(31)29(19-23-10-5-4-6-11-23)20-26-22(2)16-18-34-26/h4-16,18H,3,17,19-21H2,1-2H3. The summed E-state index contributed by atoms with van der Waals surface area (Å²) in [6.45, 7) is 4.90. The monoisotopic (exact) mass is 506 g/mol. The van der Waals surface area contributed by atoms with Gasteiger partial charge < -0.3 is 4.90 Å². The minimum absolute atomic E-state index is 0.198. The van der Waals surface area contributed by atoms with E-state index in [2.05, 4.69) is 0 Å². The molecule has 0 aliphatic rings. The summed E-state index contributed by atoms with van der Waals surface area (Å²) >= 11 is 1.61. The molecule has 0 aliphatic heterocycles. The second-order valence-electron chi connectivity index (χ2n) is 8.58. The van der Waals surface area contributed by atoms with Crippen LogP contribution in [0.4, 0.5) is 0 Å². The molecule has 0 bridgehead atoms. The van der Waals surface area contributed by atoms with Crippen LogP contribution in [0.5, 0.6) is 0 Å². The molecule has 5 nitrogen and oxygen atoms in total. The van der Waals surface area contributed by atoms with Crippen molar-refractivity contribution in [2.45, 2.75) is 38.3 Å². The molecule has 0 N–H and O–H groups in total. The lowest BCUT2D eigenvalue weighted by atomic mass is 10.1. The number of nitrogens with zero attached hydrogens (tertiary/aromatic N) is 2. The van der Waals surface area contributed by atoms with Crippen molar-refractivity contribution in [3.63, 3.8) is 0 Å². The molecule has 0 saturated heterocycles. The summed E-state index contributed by atoms with van der Waals surface area (Å²) in [5.74, 6) is -0.209. The van der Waals surface area contributed by atoms with Gasteiger partial charge in [0.15, 0.2) is 0 Å². The molecule has 0 spiro atoms. The van der Waals surface area contributed by atoms with Crippen LogP contribution in [0.2, 0.25) is 0 Å². The Morgan fingerprint density at radius 2 is 1.60 bits per heavy atom. The maximum absolute atomic E-state index is 13.8. The van der Waals surface area contributed by atoms with E-state index in [1.165, 1.54) is 4.31 Å². The Hall–Kier alpha value is -3.00. The van der Waals surface area contributed by atoms with Gasteiger partial charge in [0, 0.05) is 23.4 Å². The van der Waals surface area contributed by atoms with E-state index >= 15 is 0 Å². The average Bonchev–Trinajstić information content (AvgIpc) is 3.27. The third-order valence-electron chi connectivity index (χ3n) is 6.02. The zero-order chi connectivity index (χ0) is 24.8. The van der Waals surface area contributed by atoms with Crippen LogP contribution in [0, 0.1) is 6.92 Å². The molecule has 4 aromatic rings. The van der Waals surface area contributed by atoms with Gasteiger partial charge in [-0.15, -0.1) is 11.3 Å². The molecule has 0 radical (unpaired) electrons. The first-order chi connectivity index (χ1) is 16.9. The fourth-order valence-electron chi connectivity index (χ4n) is 4.12. The number of benzene rings is 3. The van der Waals surface area contributed by atoms with Crippen molar-refractivity contribution in [3.05, 3.63) is 100 Å². The number of rotatable bonds is 10. The molecule has 35 heavy (non-hydrogen) atoms. The van der Waals surface area contributed by atoms with Crippen LogP contribution in [0.15, 0.2) is 89.1 Å². The average molecular weight is 507 g/mol. The van der Waals surface area contributed by atoms with Gasteiger partial charge in [-0.2, -0.15) is 4.31 Å². The number of amides is 1. The normalized spacial score (nSPS) is 11.7. The molecular formula is C28H30N2O3S2. The van der Waals surface area contributed by atoms with Gasteiger partial charge in [0.1, 0.15) is 0 Å². The number of hydrogen-bond acceptors (Lipinski definition) is 4. The van der Waals surface area contributed by atoms with E-state index in [-0.39, 0.29) is 23.9 Å². The second kappa shape index (κ2) is 11.2. The molecule has 1 aromatic heterocycles. The van der Waals surface area contributed by atoms with Gasteiger partial charge in [-0.3, -0.25) is 4.79 Å². The highest BCUT2D eigenvalue weighted by molar-refractivity contribution is 7.89. The summed E-state index contributed by atoms with van der Waals surface area (Å²) in [4.78, 5) is 16.7. The summed E-state index contributed by atoms with van der Waals surface area (Å²) < 4.78 is 28.9. The number of fused-ring (bicyclic) bond motifs is 1. The smallest absolute Gasteiger partial charge is 0.244 e. The topological polar surface area (TPSA) is 57.7 Å². The van der Waals surface area contributed by atoms with Crippen LogP contribution in [0.3, 0.4) is 0 Å². The van der Waals surface area contributed by atoms with E-state index in [1.54, 1.807) is 28.4 Å². The molecule has 4 rings (SSSR count). The SMILES string of the molecule is CCCN(CC(=O)N(Cc1ccccc1)Cc1sccc1C)S(=O)(=O)c1cccc2ccccc12. The highest BCUT2D eigenvalue weighted by Crippen LogP contribution is 2.26. The molecule has 0 fully saturated rings. The van der Waals surface area contributed by atoms with Gasteiger partial charge in [-0.25, -0.2) is 8.42 Å². The van der Waals surface area contributed by atoms with Crippen molar-refractivity contribution in [2.75, 3.05) is 13.1 Å². The van der Waals surface area contributed by atoms with Crippen molar-refractivity contribution >= 4 is 38.0 Å². The van der Waals surface area contributed by atoms with Gasteiger partial charge in [0.05, 0.1) is 18.0 Å². The summed E-state index contributed by atoms with van der Waals surface area (Å²) in [7, 11) is -3.87. The quantitative estimate of drug-likeness (QED) is 0.272. The molecule has 0 atom stereocenters. The number of carbonyl (C=O) groups excluding carboxylic acids is 1. The van der Waals surface area contributed by atoms with Gasteiger partial charge in [0.2, 0.25) is 15.9 Å². The largest absolute Gasteiger partial charge is 0.332 e. The second-order valence-corrected chi connectivity index (χ2v) is 11.5. The summed E-state index contributed by atoms with van der Waals surface area (Å²) in [6, 6.07) is 24.6. The number of hydrogen-bond donors (Lipinski definition) is 0. The fourth-order valence-corrected chi connectivity index (χ4v) is 6.74. The first kappa shape index (κ1) is 25.1. The van der Waals surface area contributed by atoms with E-state index < -0.39 is 10.0 Å². The molecule has 182 valence electrons. The highest BCUT2D eigenvalue weighted by atomic mass is 32.2. The van der Waals surface area contributed by atoms with Crippen molar-refractivity contribution in [3.8, 4) is 0 Å². The van der Waals surface area contributed by atoms with Crippen molar-refractivity contribution in [2.24, 2.45) is 0 Å². The summed E-state index contributed by atoms with van der Waals surface area (Å²) in [6.07, 6.45) is 0.611. The van der Waals surface area contributed by atoms with E-state index in [4.69, 9.17) is 0 Å². The lowest BCUT2D eigenvalue weighted by Gasteiger charge is -2.27. The molecule has 0 unspecified atom stereocenters. The third-order valence-corrected chi connectivity index (χ3v) is 8.93. The predicted octanol–water partition coefficient (Wildman–Crippen LogP) is 5.84. The zero-order valence-corrected chi connectivity index (χ0v) is 21.7. The lowest BCUT2D eigenvalue weighted by molar-refractivity contribution is -0.132. The molecule has 3 aromatic carbocycles. The van der Waals surface area contributed by atoms with Crippen molar-refractivity contribution < 1.29 is 13.2 Å². The summed E-state index contributed by atoms with van der Waals surface area (Å²) in [5.41, 5.74) is 2.14. The highest BCUT2D eigenvalue weighted by Gasteiger charge is 2.29. The zero-order valence-electron chi connectivity index (χ0n) is 20.1. The van der Waals surface area contributed by atoms with Gasteiger partial charge in [-0.1, -0.05) is 73.7 Å². The Kier molecular flexibility index (Phi) is 8.00. The minimum atomic E-state index is -3.87. The number of aryl methyl sites for hydroxylation is 1. The number of sulfonamides is 1. The first-order valence-corrected chi connectivity index (χ1v) is 14.0. The van der Waals surface area contributed by atoms with Crippen LogP contribution in [0.1, 0.15) is 29.3 Å². The predicted molar refractivity (Wildman–Crippen MR) is 143 cm³/mol. The maximum Gasteiger partial charge on any atom is 0.244 e. The molecule has 7 heteroatoms. The van der Waals surface area contributed by atoms with Crippen molar-refractivity contribution in [1.82, 2.24) is 9.21 Å². The Labute approximate surface area is 211 Å². The first-order valence-electron chi connectivity index (χ1n) is 11.7. The fraction of sp³-hybridized carbons (Fsp3) is 0.250. The van der Waals surface area contributed by atoms with Crippen LogP contribution in [-0.4, -0.2) is 36.6 Å². The lowest BCUT2D eigenvalue weighted by Crippen LogP contribution is -2.42. The number of carbonyl (C=O) groups is 1. The Bertz CT molecular complexity index is 1390. The van der Waals surface area contributed by atoms with Crippen molar-refractivity contribution in [1.29, 1.82) is 0 Å². The third kappa shape index (κ3) is 5.81. The van der Waals surface area contributed by atoms with Crippen LogP contribution in [0.25, 0.3) is 10.8 Å². The minimum Gasteiger partial charge on any atom is -0.332 e. The molecular weight excluding hydrogens is 476 g/mol.